The Morgan fingerprint density at radius 3 is 2.90 bits per heavy atom. The summed E-state index contributed by atoms with van der Waals surface area (Å²) in [5.41, 5.74) is 0.835. The van der Waals surface area contributed by atoms with Crippen LogP contribution in [-0.2, 0) is 4.84 Å². The van der Waals surface area contributed by atoms with E-state index in [0.717, 1.165) is 43.0 Å². The van der Waals surface area contributed by atoms with Gasteiger partial charge in [-0.25, -0.2) is 4.98 Å². The Kier molecular flexibility index (Phi) is 3.87. The first-order valence-electron chi connectivity index (χ1n) is 6.81. The molecule has 2 aromatic heterocycles. The van der Waals surface area contributed by atoms with E-state index in [4.69, 9.17) is 4.42 Å². The molecule has 1 aliphatic heterocycles. The van der Waals surface area contributed by atoms with Gasteiger partial charge in [-0.15, -0.1) is 10.1 Å². The summed E-state index contributed by atoms with van der Waals surface area (Å²) in [5, 5.41) is 10.4. The van der Waals surface area contributed by atoms with Gasteiger partial charge in [0.1, 0.15) is 18.0 Å². The molecular formula is C13H16N4O4. The third-order valence-corrected chi connectivity index (χ3v) is 3.63. The topological polar surface area (TPSA) is 84.9 Å². The van der Waals surface area contributed by atoms with Crippen molar-refractivity contribution in [2.75, 3.05) is 44.2 Å². The number of furan rings is 1. The summed E-state index contributed by atoms with van der Waals surface area (Å²) >= 11 is 0. The van der Waals surface area contributed by atoms with Crippen molar-refractivity contribution in [1.29, 1.82) is 0 Å². The highest BCUT2D eigenvalue weighted by molar-refractivity contribution is 5.88. The number of anilines is 1. The SMILES string of the molecule is O=[N+]([O-])OCCN1CCN(c2nccc3occc23)CC1. The van der Waals surface area contributed by atoms with E-state index in [1.54, 1.807) is 12.5 Å². The first kappa shape index (κ1) is 13.6. The molecule has 0 saturated carbocycles. The minimum absolute atomic E-state index is 0.114. The van der Waals surface area contributed by atoms with Gasteiger partial charge in [-0.3, -0.25) is 4.90 Å². The maximum absolute atomic E-state index is 10.1. The molecule has 21 heavy (non-hydrogen) atoms. The Morgan fingerprint density at radius 2 is 2.14 bits per heavy atom. The summed E-state index contributed by atoms with van der Waals surface area (Å²) in [4.78, 5) is 23.3. The van der Waals surface area contributed by atoms with E-state index in [2.05, 4.69) is 19.6 Å². The van der Waals surface area contributed by atoms with Crippen LogP contribution in [0.25, 0.3) is 11.0 Å². The number of nitrogens with zero attached hydrogens (tertiary/aromatic N) is 4. The average Bonchev–Trinajstić information content (AvgIpc) is 2.96. The molecule has 1 fully saturated rings. The van der Waals surface area contributed by atoms with Gasteiger partial charge in [0.25, 0.3) is 5.09 Å². The molecule has 0 N–H and O–H groups in total. The Morgan fingerprint density at radius 1 is 1.33 bits per heavy atom. The van der Waals surface area contributed by atoms with Gasteiger partial charge >= 0.3 is 0 Å². The molecule has 0 aromatic carbocycles. The lowest BCUT2D eigenvalue weighted by atomic mass is 10.2. The Labute approximate surface area is 121 Å². The molecule has 0 radical (unpaired) electrons. The van der Waals surface area contributed by atoms with Crippen molar-refractivity contribution in [3.8, 4) is 0 Å². The van der Waals surface area contributed by atoms with Crippen molar-refractivity contribution >= 4 is 16.8 Å². The summed E-state index contributed by atoms with van der Waals surface area (Å²) in [6.45, 7) is 4.00. The third-order valence-electron chi connectivity index (χ3n) is 3.63. The molecule has 1 saturated heterocycles. The molecule has 0 amide bonds. The van der Waals surface area contributed by atoms with Gasteiger partial charge in [0.05, 0.1) is 11.6 Å². The molecule has 0 bridgehead atoms. The standard InChI is InChI=1S/C13H16N4O4/c18-17(19)21-10-8-15-4-6-16(7-5-15)13-11-2-9-20-12(11)1-3-14-13/h1-3,9H,4-8,10H2. The van der Waals surface area contributed by atoms with E-state index in [1.807, 2.05) is 12.1 Å². The van der Waals surface area contributed by atoms with E-state index >= 15 is 0 Å². The third kappa shape index (κ3) is 3.05. The fourth-order valence-electron chi connectivity index (χ4n) is 2.56. The van der Waals surface area contributed by atoms with Crippen LogP contribution in [0, 0.1) is 10.1 Å². The number of fused-ring (bicyclic) bond motifs is 1. The van der Waals surface area contributed by atoms with Gasteiger partial charge in [0.2, 0.25) is 0 Å². The summed E-state index contributed by atoms with van der Waals surface area (Å²) in [6, 6.07) is 3.78. The van der Waals surface area contributed by atoms with E-state index in [1.165, 1.54) is 0 Å². The van der Waals surface area contributed by atoms with Gasteiger partial charge in [-0.2, -0.15) is 0 Å². The van der Waals surface area contributed by atoms with Crippen LogP contribution in [-0.4, -0.2) is 54.3 Å². The van der Waals surface area contributed by atoms with E-state index in [0.29, 0.717) is 6.54 Å². The maximum atomic E-state index is 10.1. The second-order valence-corrected chi connectivity index (χ2v) is 4.85. The van der Waals surface area contributed by atoms with E-state index < -0.39 is 5.09 Å². The van der Waals surface area contributed by atoms with Crippen LogP contribution in [0.4, 0.5) is 5.82 Å². The lowest BCUT2D eigenvalue weighted by Gasteiger charge is -2.35. The van der Waals surface area contributed by atoms with Crippen molar-refractivity contribution in [2.24, 2.45) is 0 Å². The highest BCUT2D eigenvalue weighted by Gasteiger charge is 2.20. The lowest BCUT2D eigenvalue weighted by Crippen LogP contribution is -2.47. The van der Waals surface area contributed by atoms with Crippen molar-refractivity contribution in [2.45, 2.75) is 0 Å². The van der Waals surface area contributed by atoms with E-state index in [-0.39, 0.29) is 6.61 Å². The van der Waals surface area contributed by atoms with Crippen molar-refractivity contribution < 1.29 is 14.3 Å². The fraction of sp³-hybridized carbons (Fsp3) is 0.462. The quantitative estimate of drug-likeness (QED) is 0.603. The van der Waals surface area contributed by atoms with Gasteiger partial charge in [-0.1, -0.05) is 0 Å². The van der Waals surface area contributed by atoms with Crippen molar-refractivity contribution in [1.82, 2.24) is 9.88 Å². The minimum Gasteiger partial charge on any atom is -0.464 e. The molecule has 0 spiro atoms. The van der Waals surface area contributed by atoms with Crippen LogP contribution in [0.1, 0.15) is 0 Å². The smallest absolute Gasteiger partial charge is 0.294 e. The molecule has 8 heteroatoms. The average molecular weight is 292 g/mol. The predicted octanol–water partition coefficient (Wildman–Crippen LogP) is 1.16. The van der Waals surface area contributed by atoms with Gasteiger partial charge < -0.3 is 14.2 Å². The number of hydrogen-bond donors (Lipinski definition) is 0. The number of rotatable bonds is 5. The molecular weight excluding hydrogens is 276 g/mol. The summed E-state index contributed by atoms with van der Waals surface area (Å²) < 4.78 is 5.39. The van der Waals surface area contributed by atoms with Crippen LogP contribution in [0.15, 0.2) is 29.0 Å². The van der Waals surface area contributed by atoms with Crippen LogP contribution in [0.2, 0.25) is 0 Å². The predicted molar refractivity (Wildman–Crippen MR) is 75.6 cm³/mol. The van der Waals surface area contributed by atoms with Crippen molar-refractivity contribution in [3.63, 3.8) is 0 Å². The fourth-order valence-corrected chi connectivity index (χ4v) is 2.56. The van der Waals surface area contributed by atoms with Crippen LogP contribution in [0.3, 0.4) is 0 Å². The minimum atomic E-state index is -0.750. The van der Waals surface area contributed by atoms with Gasteiger partial charge in [0, 0.05) is 38.9 Å². The molecule has 1 aliphatic rings. The molecule has 3 rings (SSSR count). The van der Waals surface area contributed by atoms with Gasteiger partial charge in [-0.05, 0) is 12.1 Å². The maximum Gasteiger partial charge on any atom is 0.294 e. The second kappa shape index (κ2) is 5.96. The highest BCUT2D eigenvalue weighted by atomic mass is 16.9. The number of piperazine rings is 1. The van der Waals surface area contributed by atoms with Crippen molar-refractivity contribution in [3.05, 3.63) is 34.7 Å². The van der Waals surface area contributed by atoms with Crippen LogP contribution < -0.4 is 4.90 Å². The lowest BCUT2D eigenvalue weighted by molar-refractivity contribution is -0.757. The zero-order valence-corrected chi connectivity index (χ0v) is 11.5. The molecule has 0 atom stereocenters. The largest absolute Gasteiger partial charge is 0.464 e. The Hall–Kier alpha value is -2.35. The normalized spacial score (nSPS) is 16.3. The molecule has 0 aliphatic carbocycles. The molecule has 0 unspecified atom stereocenters. The summed E-state index contributed by atoms with van der Waals surface area (Å²) in [5.74, 6) is 0.933. The Balaban J connectivity index is 1.58. The molecule has 3 heterocycles. The number of pyridine rings is 1. The van der Waals surface area contributed by atoms with Crippen LogP contribution >= 0.6 is 0 Å². The number of aromatic nitrogens is 1. The summed E-state index contributed by atoms with van der Waals surface area (Å²) in [6.07, 6.45) is 3.42. The highest BCUT2D eigenvalue weighted by Crippen LogP contribution is 2.25. The zero-order valence-electron chi connectivity index (χ0n) is 11.5. The number of hydrogen-bond acceptors (Lipinski definition) is 7. The second-order valence-electron chi connectivity index (χ2n) is 4.85. The monoisotopic (exact) mass is 292 g/mol. The summed E-state index contributed by atoms with van der Waals surface area (Å²) in [7, 11) is 0. The molecule has 112 valence electrons. The first-order valence-corrected chi connectivity index (χ1v) is 6.81. The zero-order chi connectivity index (χ0) is 14.7. The molecule has 2 aromatic rings. The Bertz CT molecular complexity index is 621. The first-order chi connectivity index (χ1) is 10.2. The van der Waals surface area contributed by atoms with E-state index in [9.17, 15) is 10.1 Å². The van der Waals surface area contributed by atoms with Crippen LogP contribution in [0.5, 0.6) is 0 Å². The molecule has 8 nitrogen and oxygen atoms in total. The van der Waals surface area contributed by atoms with Gasteiger partial charge in [0.15, 0.2) is 0 Å².